The Hall–Kier alpha value is -3.15. The molecule has 0 aliphatic carbocycles. The minimum atomic E-state index is -3.81. The number of hydrogen-bond acceptors (Lipinski definition) is 5. The van der Waals surface area contributed by atoms with Gasteiger partial charge in [0.2, 0.25) is 10.0 Å². The number of nitrogens with zero attached hydrogens (tertiary/aromatic N) is 1. The lowest BCUT2D eigenvalue weighted by Crippen LogP contribution is -2.14. The molecule has 0 saturated heterocycles. The minimum Gasteiger partial charge on any atom is -0.494 e. The highest BCUT2D eigenvalue weighted by Gasteiger charge is 2.11. The highest BCUT2D eigenvalue weighted by molar-refractivity contribution is 7.89. The Balaban J connectivity index is 2.03. The van der Waals surface area contributed by atoms with Crippen LogP contribution in [0, 0.1) is 11.3 Å². The van der Waals surface area contributed by atoms with E-state index in [0.29, 0.717) is 17.9 Å². The SMILES string of the molecule is CCCCCOc1ccc(/C=C(\C#N)C(=O)Nc2ccc(S(N)(=O)=O)cc2)cc1. The molecule has 7 nitrogen and oxygen atoms in total. The first-order valence-electron chi connectivity index (χ1n) is 9.12. The Labute approximate surface area is 170 Å². The van der Waals surface area contributed by atoms with Crippen molar-refractivity contribution in [1.29, 1.82) is 5.26 Å². The Morgan fingerprint density at radius 2 is 1.79 bits per heavy atom. The molecule has 0 radical (unpaired) electrons. The van der Waals surface area contributed by atoms with Gasteiger partial charge in [-0.25, -0.2) is 13.6 Å². The van der Waals surface area contributed by atoms with E-state index in [1.807, 2.05) is 6.07 Å². The van der Waals surface area contributed by atoms with Crippen LogP contribution in [0.5, 0.6) is 5.75 Å². The number of carbonyl (C=O) groups is 1. The van der Waals surface area contributed by atoms with Crippen LogP contribution < -0.4 is 15.2 Å². The topological polar surface area (TPSA) is 122 Å². The number of anilines is 1. The molecule has 2 aromatic carbocycles. The summed E-state index contributed by atoms with van der Waals surface area (Å²) in [5.74, 6) is 0.131. The Morgan fingerprint density at radius 3 is 2.34 bits per heavy atom. The summed E-state index contributed by atoms with van der Waals surface area (Å²) in [6.07, 6.45) is 4.71. The van der Waals surface area contributed by atoms with Crippen molar-refractivity contribution < 1.29 is 17.9 Å². The van der Waals surface area contributed by atoms with Gasteiger partial charge in [0, 0.05) is 5.69 Å². The highest BCUT2D eigenvalue weighted by Crippen LogP contribution is 2.17. The fourth-order valence-corrected chi connectivity index (χ4v) is 2.96. The molecule has 152 valence electrons. The lowest BCUT2D eigenvalue weighted by Gasteiger charge is -2.07. The van der Waals surface area contributed by atoms with E-state index in [1.54, 1.807) is 24.3 Å². The van der Waals surface area contributed by atoms with Crippen molar-refractivity contribution in [2.24, 2.45) is 5.14 Å². The summed E-state index contributed by atoms with van der Waals surface area (Å²) in [5, 5.41) is 16.9. The molecule has 0 aliphatic heterocycles. The average molecular weight is 413 g/mol. The Morgan fingerprint density at radius 1 is 1.14 bits per heavy atom. The molecular weight excluding hydrogens is 390 g/mol. The third-order valence-electron chi connectivity index (χ3n) is 4.01. The predicted molar refractivity (Wildman–Crippen MR) is 111 cm³/mol. The lowest BCUT2D eigenvalue weighted by atomic mass is 10.1. The summed E-state index contributed by atoms with van der Waals surface area (Å²) < 4.78 is 28.2. The van der Waals surface area contributed by atoms with Crippen LogP contribution in [0.25, 0.3) is 6.08 Å². The van der Waals surface area contributed by atoms with Gasteiger partial charge >= 0.3 is 0 Å². The number of nitrogens with two attached hydrogens (primary N) is 1. The number of hydrogen-bond donors (Lipinski definition) is 2. The molecule has 0 atom stereocenters. The van der Waals surface area contributed by atoms with Crippen molar-refractivity contribution in [3.05, 3.63) is 59.7 Å². The number of primary sulfonamides is 1. The number of unbranched alkanes of at least 4 members (excludes halogenated alkanes) is 2. The fourth-order valence-electron chi connectivity index (χ4n) is 2.44. The van der Waals surface area contributed by atoms with E-state index in [4.69, 9.17) is 9.88 Å². The van der Waals surface area contributed by atoms with Gasteiger partial charge < -0.3 is 10.1 Å². The maximum absolute atomic E-state index is 12.3. The summed E-state index contributed by atoms with van der Waals surface area (Å²) in [4.78, 5) is 12.3. The molecule has 0 fully saturated rings. The third kappa shape index (κ3) is 7.07. The molecule has 0 heterocycles. The van der Waals surface area contributed by atoms with Crippen molar-refractivity contribution in [1.82, 2.24) is 0 Å². The van der Waals surface area contributed by atoms with Crippen molar-refractivity contribution in [3.8, 4) is 11.8 Å². The van der Waals surface area contributed by atoms with Crippen molar-refractivity contribution in [2.75, 3.05) is 11.9 Å². The first kappa shape index (κ1) is 22.1. The largest absolute Gasteiger partial charge is 0.494 e. The number of benzene rings is 2. The molecule has 8 heteroatoms. The standard InChI is InChI=1S/C21H23N3O4S/c1-2-3-4-13-28-19-9-5-16(6-10-19)14-17(15-22)21(25)24-18-7-11-20(12-8-18)29(23,26)27/h5-12,14H,2-4,13H2,1H3,(H,24,25)(H2,23,26,27)/b17-14+. The van der Waals surface area contributed by atoms with Gasteiger partial charge in [0.05, 0.1) is 11.5 Å². The number of nitrogens with one attached hydrogen (secondary N) is 1. The Kier molecular flexibility index (Phi) is 7.95. The molecule has 2 aromatic rings. The van der Waals surface area contributed by atoms with E-state index in [2.05, 4.69) is 12.2 Å². The number of ether oxygens (including phenoxy) is 1. The van der Waals surface area contributed by atoms with Crippen LogP contribution in [0.2, 0.25) is 0 Å². The van der Waals surface area contributed by atoms with Crippen LogP contribution in [0.15, 0.2) is 59.0 Å². The maximum Gasteiger partial charge on any atom is 0.266 e. The molecule has 0 aliphatic rings. The van der Waals surface area contributed by atoms with Crippen LogP contribution in [0.4, 0.5) is 5.69 Å². The van der Waals surface area contributed by atoms with Gasteiger partial charge in [-0.05, 0) is 54.5 Å². The van der Waals surface area contributed by atoms with Gasteiger partial charge in [-0.2, -0.15) is 5.26 Å². The van der Waals surface area contributed by atoms with Crippen molar-refractivity contribution in [3.63, 3.8) is 0 Å². The normalized spacial score (nSPS) is 11.6. The molecule has 3 N–H and O–H groups in total. The Bertz CT molecular complexity index is 1010. The summed E-state index contributed by atoms with van der Waals surface area (Å²) in [5.41, 5.74) is 0.943. The summed E-state index contributed by atoms with van der Waals surface area (Å²) in [7, 11) is -3.81. The summed E-state index contributed by atoms with van der Waals surface area (Å²) in [6.45, 7) is 2.78. The predicted octanol–water partition coefficient (Wildman–Crippen LogP) is 3.45. The van der Waals surface area contributed by atoms with E-state index < -0.39 is 15.9 Å². The van der Waals surface area contributed by atoms with Crippen LogP contribution in [0.1, 0.15) is 31.7 Å². The molecular formula is C21H23N3O4S. The van der Waals surface area contributed by atoms with Crippen LogP contribution in [0.3, 0.4) is 0 Å². The molecule has 2 rings (SSSR count). The maximum atomic E-state index is 12.3. The van der Waals surface area contributed by atoms with E-state index in [0.717, 1.165) is 25.0 Å². The zero-order valence-electron chi connectivity index (χ0n) is 16.1. The molecule has 0 spiro atoms. The van der Waals surface area contributed by atoms with Gasteiger partial charge in [-0.3, -0.25) is 4.79 Å². The van der Waals surface area contributed by atoms with Crippen LogP contribution in [-0.4, -0.2) is 20.9 Å². The smallest absolute Gasteiger partial charge is 0.266 e. The quantitative estimate of drug-likeness (QED) is 0.370. The van der Waals surface area contributed by atoms with E-state index in [1.165, 1.54) is 30.3 Å². The number of sulfonamides is 1. The van der Waals surface area contributed by atoms with E-state index >= 15 is 0 Å². The number of amides is 1. The second-order valence-corrected chi connectivity index (χ2v) is 7.88. The average Bonchev–Trinajstić information content (AvgIpc) is 2.70. The molecule has 1 amide bonds. The van der Waals surface area contributed by atoms with Gasteiger partial charge in [0.1, 0.15) is 17.4 Å². The van der Waals surface area contributed by atoms with Gasteiger partial charge in [0.25, 0.3) is 5.91 Å². The minimum absolute atomic E-state index is 0.0662. The first-order chi connectivity index (χ1) is 13.8. The monoisotopic (exact) mass is 413 g/mol. The second kappa shape index (κ2) is 10.4. The number of carbonyl (C=O) groups excluding carboxylic acids is 1. The second-order valence-electron chi connectivity index (χ2n) is 6.32. The van der Waals surface area contributed by atoms with Crippen LogP contribution >= 0.6 is 0 Å². The molecule has 29 heavy (non-hydrogen) atoms. The molecule has 0 unspecified atom stereocenters. The first-order valence-corrected chi connectivity index (χ1v) is 10.7. The molecule has 0 bridgehead atoms. The number of nitriles is 1. The van der Waals surface area contributed by atoms with Crippen molar-refractivity contribution >= 4 is 27.7 Å². The lowest BCUT2D eigenvalue weighted by molar-refractivity contribution is -0.112. The zero-order valence-corrected chi connectivity index (χ0v) is 16.9. The molecule has 0 saturated carbocycles. The third-order valence-corrected chi connectivity index (χ3v) is 4.94. The molecule has 0 aromatic heterocycles. The fraction of sp³-hybridized carbons (Fsp3) is 0.238. The summed E-state index contributed by atoms with van der Waals surface area (Å²) in [6, 6.07) is 14.3. The number of rotatable bonds is 9. The van der Waals surface area contributed by atoms with Crippen LogP contribution in [-0.2, 0) is 14.8 Å². The van der Waals surface area contributed by atoms with E-state index in [9.17, 15) is 18.5 Å². The van der Waals surface area contributed by atoms with Gasteiger partial charge in [-0.1, -0.05) is 31.9 Å². The van der Waals surface area contributed by atoms with Gasteiger partial charge in [-0.15, -0.1) is 0 Å². The van der Waals surface area contributed by atoms with E-state index in [-0.39, 0.29) is 10.5 Å². The zero-order chi connectivity index (χ0) is 21.3. The highest BCUT2D eigenvalue weighted by atomic mass is 32.2. The summed E-state index contributed by atoms with van der Waals surface area (Å²) >= 11 is 0. The van der Waals surface area contributed by atoms with Crippen molar-refractivity contribution in [2.45, 2.75) is 31.1 Å². The van der Waals surface area contributed by atoms with Gasteiger partial charge in [0.15, 0.2) is 0 Å².